The molecule has 1 N–H and O–H groups in total. The summed E-state index contributed by atoms with van der Waals surface area (Å²) < 4.78 is 0. The van der Waals surface area contributed by atoms with E-state index in [0.717, 1.165) is 48.8 Å². The van der Waals surface area contributed by atoms with Crippen molar-refractivity contribution in [2.45, 2.75) is 53.0 Å². The molecule has 4 rings (SSSR count). The van der Waals surface area contributed by atoms with Crippen LogP contribution in [0.5, 0.6) is 0 Å². The van der Waals surface area contributed by atoms with Crippen molar-refractivity contribution in [3.05, 3.63) is 77.0 Å². The van der Waals surface area contributed by atoms with Gasteiger partial charge in [0.2, 0.25) is 0 Å². The highest BCUT2D eigenvalue weighted by Gasteiger charge is 2.27. The van der Waals surface area contributed by atoms with E-state index in [4.69, 9.17) is 9.97 Å². The standard InChI is InChI=1S/C29H37N5O/c1-6-25-24(20-22-12-10-11-21(2)19-22)27(31-26(30-25)23-13-8-7-9-14-23)33-15-17-34(18-16-33)28(35)32-29(3,4)5/h7-14,19H,6,15-18,20H2,1-5H3,(H,32,35). The maximum atomic E-state index is 12.7. The molecule has 1 aromatic heterocycles. The van der Waals surface area contributed by atoms with Gasteiger partial charge in [-0.25, -0.2) is 14.8 Å². The zero-order valence-electron chi connectivity index (χ0n) is 21.6. The van der Waals surface area contributed by atoms with Crippen molar-refractivity contribution in [1.29, 1.82) is 0 Å². The summed E-state index contributed by atoms with van der Waals surface area (Å²) in [5.74, 6) is 1.76. The highest BCUT2D eigenvalue weighted by atomic mass is 16.2. The number of urea groups is 1. The van der Waals surface area contributed by atoms with Crippen LogP contribution in [0.15, 0.2) is 54.6 Å². The SMILES string of the molecule is CCc1nc(-c2ccccc2)nc(N2CCN(C(=O)NC(C)(C)C)CC2)c1Cc1cccc(C)c1. The molecular formula is C29H37N5O. The van der Waals surface area contributed by atoms with Gasteiger partial charge in [0, 0.05) is 55.0 Å². The van der Waals surface area contributed by atoms with Crippen LogP contribution in [-0.4, -0.2) is 52.6 Å². The largest absolute Gasteiger partial charge is 0.353 e. The smallest absolute Gasteiger partial charge is 0.317 e. The second-order valence-electron chi connectivity index (χ2n) is 10.3. The number of carbonyl (C=O) groups excluding carboxylic acids is 1. The Kier molecular flexibility index (Phi) is 7.39. The van der Waals surface area contributed by atoms with Crippen LogP contribution >= 0.6 is 0 Å². The molecule has 1 saturated heterocycles. The van der Waals surface area contributed by atoms with Gasteiger partial charge in [-0.05, 0) is 39.7 Å². The molecule has 35 heavy (non-hydrogen) atoms. The first-order valence-electron chi connectivity index (χ1n) is 12.6. The lowest BCUT2D eigenvalue weighted by molar-refractivity contribution is 0.185. The Balaban J connectivity index is 1.67. The predicted molar refractivity (Wildman–Crippen MR) is 143 cm³/mol. The Morgan fingerprint density at radius 1 is 0.971 bits per heavy atom. The number of aromatic nitrogens is 2. The number of rotatable bonds is 5. The number of hydrogen-bond donors (Lipinski definition) is 1. The van der Waals surface area contributed by atoms with Gasteiger partial charge < -0.3 is 15.1 Å². The fourth-order valence-corrected chi connectivity index (χ4v) is 4.52. The average Bonchev–Trinajstić information content (AvgIpc) is 2.84. The van der Waals surface area contributed by atoms with Gasteiger partial charge in [0.05, 0.1) is 0 Å². The molecule has 6 heteroatoms. The summed E-state index contributed by atoms with van der Waals surface area (Å²) >= 11 is 0. The number of nitrogens with zero attached hydrogens (tertiary/aromatic N) is 4. The second-order valence-corrected chi connectivity index (χ2v) is 10.3. The topological polar surface area (TPSA) is 61.4 Å². The Morgan fingerprint density at radius 2 is 1.69 bits per heavy atom. The Morgan fingerprint density at radius 3 is 2.31 bits per heavy atom. The van der Waals surface area contributed by atoms with Crippen molar-refractivity contribution in [1.82, 2.24) is 20.2 Å². The van der Waals surface area contributed by atoms with Gasteiger partial charge in [-0.2, -0.15) is 0 Å². The number of piperazine rings is 1. The number of anilines is 1. The van der Waals surface area contributed by atoms with Crippen molar-refractivity contribution in [2.75, 3.05) is 31.1 Å². The van der Waals surface area contributed by atoms with Crippen molar-refractivity contribution in [2.24, 2.45) is 0 Å². The highest BCUT2D eigenvalue weighted by molar-refractivity contribution is 5.75. The molecule has 0 atom stereocenters. The van der Waals surface area contributed by atoms with Gasteiger partial charge in [-0.3, -0.25) is 0 Å². The second kappa shape index (κ2) is 10.5. The number of benzene rings is 2. The first-order valence-corrected chi connectivity index (χ1v) is 12.6. The maximum Gasteiger partial charge on any atom is 0.317 e. The van der Waals surface area contributed by atoms with Crippen molar-refractivity contribution in [3.63, 3.8) is 0 Å². The lowest BCUT2D eigenvalue weighted by Gasteiger charge is -2.37. The summed E-state index contributed by atoms with van der Waals surface area (Å²) in [6.07, 6.45) is 1.63. The molecule has 0 aliphatic carbocycles. The molecule has 6 nitrogen and oxygen atoms in total. The summed E-state index contributed by atoms with van der Waals surface area (Å²) in [6, 6.07) is 18.8. The third kappa shape index (κ3) is 6.18. The Hall–Kier alpha value is -3.41. The zero-order chi connectivity index (χ0) is 25.0. The number of carbonyl (C=O) groups is 1. The zero-order valence-corrected chi connectivity index (χ0v) is 21.6. The lowest BCUT2D eigenvalue weighted by Crippen LogP contribution is -2.55. The van der Waals surface area contributed by atoms with E-state index in [0.29, 0.717) is 13.1 Å². The number of nitrogens with one attached hydrogen (secondary N) is 1. The van der Waals surface area contributed by atoms with E-state index in [2.05, 4.69) is 60.5 Å². The van der Waals surface area contributed by atoms with Gasteiger partial charge >= 0.3 is 6.03 Å². The molecular weight excluding hydrogens is 434 g/mol. The highest BCUT2D eigenvalue weighted by Crippen LogP contribution is 2.29. The van der Waals surface area contributed by atoms with Crippen LogP contribution < -0.4 is 10.2 Å². The van der Waals surface area contributed by atoms with Gasteiger partial charge in [0.1, 0.15) is 5.82 Å². The van der Waals surface area contributed by atoms with E-state index >= 15 is 0 Å². The monoisotopic (exact) mass is 471 g/mol. The fraction of sp³-hybridized carbons (Fsp3) is 0.414. The molecule has 1 aliphatic rings. The van der Waals surface area contributed by atoms with Crippen LogP contribution in [0.25, 0.3) is 11.4 Å². The van der Waals surface area contributed by atoms with E-state index in [1.54, 1.807) is 0 Å². The molecule has 2 heterocycles. The Labute approximate surface area is 209 Å². The molecule has 0 radical (unpaired) electrons. The molecule has 184 valence electrons. The normalized spacial score (nSPS) is 14.2. The van der Waals surface area contributed by atoms with Crippen LogP contribution in [0.1, 0.15) is 50.1 Å². The van der Waals surface area contributed by atoms with Crippen molar-refractivity contribution in [3.8, 4) is 11.4 Å². The summed E-state index contributed by atoms with van der Waals surface area (Å²) in [5.41, 5.74) is 5.56. The van der Waals surface area contributed by atoms with E-state index in [1.807, 2.05) is 43.9 Å². The number of hydrogen-bond acceptors (Lipinski definition) is 4. The van der Waals surface area contributed by atoms with Crippen LogP contribution in [0.2, 0.25) is 0 Å². The quantitative estimate of drug-likeness (QED) is 0.553. The number of aryl methyl sites for hydroxylation is 2. The minimum atomic E-state index is -0.248. The molecule has 0 saturated carbocycles. The van der Waals surface area contributed by atoms with Gasteiger partial charge in [0.15, 0.2) is 5.82 Å². The molecule has 3 aromatic rings. The fourth-order valence-electron chi connectivity index (χ4n) is 4.52. The van der Waals surface area contributed by atoms with E-state index in [1.165, 1.54) is 16.7 Å². The Bertz CT molecular complexity index is 1160. The molecule has 2 aromatic carbocycles. The van der Waals surface area contributed by atoms with Crippen LogP contribution in [0, 0.1) is 6.92 Å². The predicted octanol–water partition coefficient (Wildman–Crippen LogP) is 5.24. The van der Waals surface area contributed by atoms with Crippen LogP contribution in [-0.2, 0) is 12.8 Å². The van der Waals surface area contributed by atoms with Crippen LogP contribution in [0.3, 0.4) is 0 Å². The van der Waals surface area contributed by atoms with Gasteiger partial charge in [-0.15, -0.1) is 0 Å². The van der Waals surface area contributed by atoms with Gasteiger partial charge in [-0.1, -0.05) is 67.1 Å². The molecule has 1 aliphatic heterocycles. The molecule has 0 spiro atoms. The molecule has 0 unspecified atom stereocenters. The summed E-state index contributed by atoms with van der Waals surface area (Å²) in [6.45, 7) is 13.1. The van der Waals surface area contributed by atoms with E-state index in [-0.39, 0.29) is 11.6 Å². The van der Waals surface area contributed by atoms with Crippen molar-refractivity contribution >= 4 is 11.8 Å². The van der Waals surface area contributed by atoms with Crippen LogP contribution in [0.4, 0.5) is 10.6 Å². The van der Waals surface area contributed by atoms with E-state index in [9.17, 15) is 4.79 Å². The summed E-state index contributed by atoms with van der Waals surface area (Å²) in [7, 11) is 0. The minimum Gasteiger partial charge on any atom is -0.353 e. The van der Waals surface area contributed by atoms with Gasteiger partial charge in [0.25, 0.3) is 0 Å². The third-order valence-corrected chi connectivity index (χ3v) is 6.25. The first-order chi connectivity index (χ1) is 16.7. The maximum absolute atomic E-state index is 12.7. The number of amides is 2. The van der Waals surface area contributed by atoms with Crippen molar-refractivity contribution < 1.29 is 4.79 Å². The lowest BCUT2D eigenvalue weighted by atomic mass is 10.00. The molecule has 0 bridgehead atoms. The van der Waals surface area contributed by atoms with E-state index < -0.39 is 0 Å². The summed E-state index contributed by atoms with van der Waals surface area (Å²) in [5, 5.41) is 3.08. The summed E-state index contributed by atoms with van der Waals surface area (Å²) in [4.78, 5) is 27.1. The minimum absolute atomic E-state index is 0.000886. The first kappa shape index (κ1) is 24.7. The molecule has 1 fully saturated rings. The molecule has 2 amide bonds. The third-order valence-electron chi connectivity index (χ3n) is 6.25. The average molecular weight is 472 g/mol.